The molecule has 26 heavy (non-hydrogen) atoms. The van der Waals surface area contributed by atoms with Crippen molar-refractivity contribution in [2.24, 2.45) is 5.92 Å². The van der Waals surface area contributed by atoms with E-state index < -0.39 is 11.9 Å². The molecule has 1 saturated heterocycles. The molecule has 0 bridgehead atoms. The number of aromatic nitrogens is 1. The molecule has 2 heterocycles. The van der Waals surface area contributed by atoms with Gasteiger partial charge in [-0.2, -0.15) is 0 Å². The average Bonchev–Trinajstić information content (AvgIpc) is 3.22. The number of thiazole rings is 1. The van der Waals surface area contributed by atoms with Crippen molar-refractivity contribution in [1.29, 1.82) is 0 Å². The van der Waals surface area contributed by atoms with Gasteiger partial charge in [-0.1, -0.05) is 29.8 Å². The van der Waals surface area contributed by atoms with Gasteiger partial charge in [0, 0.05) is 24.9 Å². The quantitative estimate of drug-likeness (QED) is 0.804. The Hall–Kier alpha value is -2.74. The summed E-state index contributed by atoms with van der Waals surface area (Å²) < 4.78 is 0. The molecule has 0 spiro atoms. The predicted octanol–water partition coefficient (Wildman–Crippen LogP) is 1.81. The average molecular weight is 373 g/mol. The monoisotopic (exact) mass is 373 g/mol. The molecule has 0 unspecified atom stereocenters. The highest BCUT2D eigenvalue weighted by Gasteiger charge is 2.34. The second-order valence-corrected chi connectivity index (χ2v) is 7.25. The van der Waals surface area contributed by atoms with Crippen LogP contribution >= 0.6 is 11.3 Å². The lowest BCUT2D eigenvalue weighted by molar-refractivity contribution is -0.129. The van der Waals surface area contributed by atoms with E-state index in [1.54, 1.807) is 4.90 Å². The van der Waals surface area contributed by atoms with Crippen LogP contribution in [0, 0.1) is 12.8 Å². The zero-order valence-electron chi connectivity index (χ0n) is 14.3. The molecular weight excluding hydrogens is 354 g/mol. The fourth-order valence-corrected chi connectivity index (χ4v) is 3.52. The van der Waals surface area contributed by atoms with Crippen LogP contribution in [0.5, 0.6) is 0 Å². The SMILES string of the molecule is Cc1ccc(CN2C[C@@H](C(=O)NCc3nc(C(=O)O)cs3)CC2=O)cc1. The number of rotatable bonds is 6. The number of hydrogen-bond acceptors (Lipinski definition) is 5. The normalized spacial score (nSPS) is 16.7. The van der Waals surface area contributed by atoms with Gasteiger partial charge in [-0.3, -0.25) is 9.59 Å². The van der Waals surface area contributed by atoms with Crippen LogP contribution in [-0.2, 0) is 22.7 Å². The van der Waals surface area contributed by atoms with Crippen LogP contribution in [0.2, 0.25) is 0 Å². The van der Waals surface area contributed by atoms with Crippen molar-refractivity contribution < 1.29 is 19.5 Å². The molecule has 2 N–H and O–H groups in total. The summed E-state index contributed by atoms with van der Waals surface area (Å²) in [4.78, 5) is 40.9. The lowest BCUT2D eigenvalue weighted by Crippen LogP contribution is -2.32. The highest BCUT2D eigenvalue weighted by atomic mass is 32.1. The van der Waals surface area contributed by atoms with E-state index in [9.17, 15) is 14.4 Å². The first kappa shape index (κ1) is 18.1. The van der Waals surface area contributed by atoms with Gasteiger partial charge < -0.3 is 15.3 Å². The summed E-state index contributed by atoms with van der Waals surface area (Å²) in [6.07, 6.45) is 0.190. The minimum Gasteiger partial charge on any atom is -0.476 e. The first-order valence-electron chi connectivity index (χ1n) is 8.21. The lowest BCUT2D eigenvalue weighted by Gasteiger charge is -2.16. The van der Waals surface area contributed by atoms with E-state index in [1.807, 2.05) is 31.2 Å². The number of amides is 2. The van der Waals surface area contributed by atoms with E-state index in [4.69, 9.17) is 5.11 Å². The first-order chi connectivity index (χ1) is 12.4. The predicted molar refractivity (Wildman–Crippen MR) is 95.6 cm³/mol. The summed E-state index contributed by atoms with van der Waals surface area (Å²) in [5.74, 6) is -1.73. The summed E-state index contributed by atoms with van der Waals surface area (Å²) in [5.41, 5.74) is 2.17. The molecule has 3 rings (SSSR count). The number of aromatic carboxylic acids is 1. The lowest BCUT2D eigenvalue weighted by atomic mass is 10.1. The largest absolute Gasteiger partial charge is 0.476 e. The maximum absolute atomic E-state index is 12.3. The van der Waals surface area contributed by atoms with Crippen molar-refractivity contribution in [2.75, 3.05) is 6.54 Å². The molecule has 0 saturated carbocycles. The fourth-order valence-electron chi connectivity index (χ4n) is 2.81. The third-order valence-corrected chi connectivity index (χ3v) is 5.11. The standard InChI is InChI=1S/C18H19N3O4S/c1-11-2-4-12(5-3-11)8-21-9-13(6-16(21)22)17(23)19-7-15-20-14(10-26-15)18(24)25/h2-5,10,13H,6-9H2,1H3,(H,19,23)(H,24,25)/t13-/m0/s1. The van der Waals surface area contributed by atoms with Crippen molar-refractivity contribution in [3.63, 3.8) is 0 Å². The number of carboxylic acid groups (broad SMARTS) is 1. The van der Waals surface area contributed by atoms with Gasteiger partial charge >= 0.3 is 5.97 Å². The Morgan fingerprint density at radius 3 is 2.73 bits per heavy atom. The molecular formula is C18H19N3O4S. The van der Waals surface area contributed by atoms with Crippen LogP contribution in [0.25, 0.3) is 0 Å². The number of nitrogens with one attached hydrogen (secondary N) is 1. The van der Waals surface area contributed by atoms with Crippen LogP contribution < -0.4 is 5.32 Å². The van der Waals surface area contributed by atoms with Gasteiger partial charge in [0.15, 0.2) is 5.69 Å². The second kappa shape index (κ2) is 7.65. The Labute approximate surface area is 154 Å². The minimum absolute atomic E-state index is 0.0282. The molecule has 2 aromatic rings. The van der Waals surface area contributed by atoms with Crippen LogP contribution in [0.4, 0.5) is 0 Å². The van der Waals surface area contributed by atoms with Gasteiger partial charge in [-0.05, 0) is 12.5 Å². The third kappa shape index (κ3) is 4.26. The number of carbonyl (C=O) groups excluding carboxylic acids is 2. The highest BCUT2D eigenvalue weighted by molar-refractivity contribution is 7.09. The minimum atomic E-state index is -1.09. The molecule has 1 aromatic carbocycles. The Bertz CT molecular complexity index is 831. The highest BCUT2D eigenvalue weighted by Crippen LogP contribution is 2.21. The summed E-state index contributed by atoms with van der Waals surface area (Å²) >= 11 is 1.18. The third-order valence-electron chi connectivity index (χ3n) is 4.26. The van der Waals surface area contributed by atoms with Gasteiger partial charge in [-0.25, -0.2) is 9.78 Å². The van der Waals surface area contributed by atoms with Gasteiger partial charge in [0.25, 0.3) is 0 Å². The summed E-state index contributed by atoms with van der Waals surface area (Å²) in [5, 5.41) is 13.6. The summed E-state index contributed by atoms with van der Waals surface area (Å²) in [7, 11) is 0. The Morgan fingerprint density at radius 2 is 2.08 bits per heavy atom. The fraction of sp³-hybridized carbons (Fsp3) is 0.333. The van der Waals surface area contributed by atoms with Crippen LogP contribution in [-0.4, -0.2) is 39.3 Å². The summed E-state index contributed by atoms with van der Waals surface area (Å²) in [6.45, 7) is 3.06. The van der Waals surface area contributed by atoms with Gasteiger partial charge in [0.1, 0.15) is 5.01 Å². The van der Waals surface area contributed by atoms with E-state index in [2.05, 4.69) is 10.3 Å². The zero-order valence-corrected chi connectivity index (χ0v) is 15.1. The Balaban J connectivity index is 1.53. The molecule has 1 atom stereocenters. The smallest absolute Gasteiger partial charge is 0.355 e. The van der Waals surface area contributed by atoms with Crippen molar-refractivity contribution >= 4 is 29.1 Å². The van der Waals surface area contributed by atoms with Gasteiger partial charge in [0.05, 0.1) is 12.5 Å². The molecule has 8 heteroatoms. The van der Waals surface area contributed by atoms with Crippen LogP contribution in [0.3, 0.4) is 0 Å². The topological polar surface area (TPSA) is 99.6 Å². The van der Waals surface area contributed by atoms with Gasteiger partial charge in [-0.15, -0.1) is 11.3 Å². The maximum atomic E-state index is 12.3. The van der Waals surface area contributed by atoms with E-state index in [1.165, 1.54) is 16.7 Å². The number of benzene rings is 1. The maximum Gasteiger partial charge on any atom is 0.355 e. The molecule has 1 aromatic heterocycles. The molecule has 1 aliphatic heterocycles. The number of nitrogens with zero attached hydrogens (tertiary/aromatic N) is 2. The Kier molecular flexibility index (Phi) is 5.32. The summed E-state index contributed by atoms with van der Waals surface area (Å²) in [6, 6.07) is 7.97. The van der Waals surface area contributed by atoms with E-state index in [-0.39, 0.29) is 30.5 Å². The number of likely N-dealkylation sites (tertiary alicyclic amines) is 1. The van der Waals surface area contributed by atoms with E-state index in [0.717, 1.165) is 11.1 Å². The second-order valence-electron chi connectivity index (χ2n) is 6.31. The van der Waals surface area contributed by atoms with Crippen molar-refractivity contribution in [3.05, 3.63) is 51.5 Å². The molecule has 0 aliphatic carbocycles. The number of aryl methyl sites for hydroxylation is 1. The van der Waals surface area contributed by atoms with Crippen LogP contribution in [0.1, 0.15) is 33.0 Å². The number of carbonyl (C=O) groups is 3. The van der Waals surface area contributed by atoms with Crippen molar-refractivity contribution in [3.8, 4) is 0 Å². The number of hydrogen-bond donors (Lipinski definition) is 2. The first-order valence-corrected chi connectivity index (χ1v) is 9.09. The Morgan fingerprint density at radius 1 is 1.35 bits per heavy atom. The number of carboxylic acids is 1. The molecule has 7 nitrogen and oxygen atoms in total. The van der Waals surface area contributed by atoms with E-state index >= 15 is 0 Å². The zero-order chi connectivity index (χ0) is 18.7. The van der Waals surface area contributed by atoms with Crippen molar-refractivity contribution in [1.82, 2.24) is 15.2 Å². The molecule has 0 radical (unpaired) electrons. The molecule has 1 aliphatic rings. The van der Waals surface area contributed by atoms with E-state index in [0.29, 0.717) is 18.1 Å². The van der Waals surface area contributed by atoms with Crippen LogP contribution in [0.15, 0.2) is 29.6 Å². The van der Waals surface area contributed by atoms with Gasteiger partial charge in [0.2, 0.25) is 11.8 Å². The molecule has 136 valence electrons. The molecule has 1 fully saturated rings. The molecule has 2 amide bonds. The van der Waals surface area contributed by atoms with Crippen molar-refractivity contribution in [2.45, 2.75) is 26.4 Å².